The second-order valence-electron chi connectivity index (χ2n) is 10.3. The fourth-order valence-corrected chi connectivity index (χ4v) is 4.71. The highest BCUT2D eigenvalue weighted by Crippen LogP contribution is 2.38. The topological polar surface area (TPSA) is 49.9 Å². The number of rotatable bonds is 3. The Labute approximate surface area is 231 Å². The summed E-state index contributed by atoms with van der Waals surface area (Å²) >= 11 is 12.2. The van der Waals surface area contributed by atoms with Gasteiger partial charge in [-0.3, -0.25) is 4.79 Å². The number of piperidine rings is 1. The average Bonchev–Trinajstić information content (AvgIpc) is 2.82. The van der Waals surface area contributed by atoms with Crippen LogP contribution in [0.25, 0.3) is 0 Å². The highest BCUT2D eigenvalue weighted by atomic mass is 35.5. The number of likely N-dealkylation sites (tertiary alicyclic amines) is 1. The number of hydrogen-bond acceptors (Lipinski definition) is 3. The molecule has 39 heavy (non-hydrogen) atoms. The zero-order chi connectivity index (χ0) is 29.5. The van der Waals surface area contributed by atoms with Crippen LogP contribution in [0.15, 0.2) is 36.4 Å². The number of amides is 2. The monoisotopic (exact) mass is 598 g/mol. The zero-order valence-corrected chi connectivity index (χ0v) is 22.9. The van der Waals surface area contributed by atoms with Gasteiger partial charge < -0.3 is 14.5 Å². The molecule has 2 atom stereocenters. The minimum atomic E-state index is -5.10. The minimum absolute atomic E-state index is 0.0331. The highest BCUT2D eigenvalue weighted by Gasteiger charge is 2.41. The average molecular weight is 599 g/mol. The van der Waals surface area contributed by atoms with Crippen LogP contribution in [0.2, 0.25) is 10.0 Å². The van der Waals surface area contributed by atoms with E-state index in [1.165, 1.54) is 18.0 Å². The van der Waals surface area contributed by atoms with E-state index in [4.69, 9.17) is 27.9 Å². The van der Waals surface area contributed by atoms with Gasteiger partial charge in [-0.15, -0.1) is 0 Å². The summed E-state index contributed by atoms with van der Waals surface area (Å²) in [6.45, 7) is 5.28. The summed E-state index contributed by atoms with van der Waals surface area (Å²) in [7, 11) is 1.30. The molecule has 0 N–H and O–H groups in total. The molecule has 1 heterocycles. The van der Waals surface area contributed by atoms with Gasteiger partial charge in [0.25, 0.3) is 5.91 Å². The molecule has 214 valence electrons. The third-order valence-corrected chi connectivity index (χ3v) is 6.99. The van der Waals surface area contributed by atoms with Crippen LogP contribution < -0.4 is 0 Å². The molecular formula is C26H26Cl2F6N2O3. The molecule has 2 aromatic rings. The van der Waals surface area contributed by atoms with Gasteiger partial charge in [0.15, 0.2) is 0 Å². The maximum absolute atomic E-state index is 13.4. The maximum Gasteiger partial charge on any atom is 0.416 e. The zero-order valence-electron chi connectivity index (χ0n) is 21.4. The van der Waals surface area contributed by atoms with Gasteiger partial charge in [0.2, 0.25) is 0 Å². The van der Waals surface area contributed by atoms with Crippen LogP contribution in [0.1, 0.15) is 60.2 Å². The second kappa shape index (κ2) is 11.1. The van der Waals surface area contributed by atoms with E-state index in [9.17, 15) is 35.9 Å². The summed E-state index contributed by atoms with van der Waals surface area (Å²) in [6.07, 6.45) is -10.6. The largest absolute Gasteiger partial charge is 0.444 e. The van der Waals surface area contributed by atoms with Crippen LogP contribution in [0.5, 0.6) is 0 Å². The second-order valence-corrected chi connectivity index (χ2v) is 11.1. The van der Waals surface area contributed by atoms with Crippen molar-refractivity contribution in [2.45, 2.75) is 57.1 Å². The standard InChI is InChI=1S/C26H26Cl2F6N2O3/c1-24(2,3)39-23(38)36-8-7-21(18(13-36)14-5-6-19(27)20(28)11-14)35(4)22(37)15-9-16(25(29,30)31)12-17(10-15)26(32,33)34/h5-6,9-12,18,21H,7-8,13H2,1-4H3/t18-,21+/m1/s1. The van der Waals surface area contributed by atoms with E-state index < -0.39 is 58.6 Å². The SMILES string of the molecule is CN(C(=O)c1cc(C(F)(F)F)cc(C(F)(F)F)c1)[C@H]1CCN(C(=O)OC(C)(C)C)C[C@@H]1c1ccc(Cl)c(Cl)c1. The van der Waals surface area contributed by atoms with Gasteiger partial charge in [0, 0.05) is 37.7 Å². The Kier molecular flexibility index (Phi) is 8.77. The highest BCUT2D eigenvalue weighted by molar-refractivity contribution is 6.42. The number of ether oxygens (including phenoxy) is 1. The van der Waals surface area contributed by atoms with Crippen LogP contribution in [-0.2, 0) is 17.1 Å². The van der Waals surface area contributed by atoms with Crippen molar-refractivity contribution in [3.8, 4) is 0 Å². The molecule has 0 aromatic heterocycles. The van der Waals surface area contributed by atoms with E-state index in [0.717, 1.165) is 4.90 Å². The van der Waals surface area contributed by atoms with Gasteiger partial charge in [0.1, 0.15) is 5.60 Å². The summed E-state index contributed by atoms with van der Waals surface area (Å²) in [5.41, 5.74) is -4.14. The molecule has 1 fully saturated rings. The summed E-state index contributed by atoms with van der Waals surface area (Å²) in [6, 6.07) is 4.76. The first-order valence-electron chi connectivity index (χ1n) is 11.8. The molecule has 13 heteroatoms. The number of nitrogens with zero attached hydrogens (tertiary/aromatic N) is 2. The van der Waals surface area contributed by atoms with Crippen molar-refractivity contribution < 1.29 is 40.7 Å². The van der Waals surface area contributed by atoms with Crippen LogP contribution >= 0.6 is 23.2 Å². The van der Waals surface area contributed by atoms with Crippen molar-refractivity contribution in [3.63, 3.8) is 0 Å². The first-order chi connectivity index (χ1) is 17.8. The molecule has 0 radical (unpaired) electrons. The van der Waals surface area contributed by atoms with Crippen molar-refractivity contribution in [3.05, 3.63) is 68.7 Å². The number of carbonyl (C=O) groups is 2. The number of alkyl halides is 6. The first kappa shape index (κ1) is 30.9. The summed E-state index contributed by atoms with van der Waals surface area (Å²) in [5, 5.41) is 0.453. The van der Waals surface area contributed by atoms with Crippen LogP contribution in [0.4, 0.5) is 31.1 Å². The van der Waals surface area contributed by atoms with Gasteiger partial charge in [-0.05, 0) is 63.1 Å². The van der Waals surface area contributed by atoms with E-state index in [1.54, 1.807) is 32.9 Å². The number of hydrogen-bond donors (Lipinski definition) is 0. The van der Waals surface area contributed by atoms with Gasteiger partial charge in [-0.25, -0.2) is 4.79 Å². The molecule has 0 aliphatic carbocycles. The van der Waals surface area contributed by atoms with Gasteiger partial charge >= 0.3 is 18.4 Å². The van der Waals surface area contributed by atoms with Gasteiger partial charge in [0.05, 0.1) is 21.2 Å². The minimum Gasteiger partial charge on any atom is -0.444 e. The molecule has 0 spiro atoms. The normalized spacial score (nSPS) is 18.6. The summed E-state index contributed by atoms with van der Waals surface area (Å²) in [5.74, 6) is -1.64. The van der Waals surface area contributed by atoms with Gasteiger partial charge in [-0.2, -0.15) is 26.3 Å². The first-order valence-corrected chi connectivity index (χ1v) is 12.5. The Morgan fingerprint density at radius 3 is 1.97 bits per heavy atom. The molecule has 1 aliphatic heterocycles. The maximum atomic E-state index is 13.4. The Balaban J connectivity index is 2.00. The number of benzene rings is 2. The predicted octanol–water partition coefficient (Wildman–Crippen LogP) is 7.90. The Morgan fingerprint density at radius 2 is 1.49 bits per heavy atom. The van der Waals surface area contributed by atoms with Crippen molar-refractivity contribution in [2.75, 3.05) is 20.1 Å². The molecule has 0 bridgehead atoms. The van der Waals surface area contributed by atoms with E-state index in [0.29, 0.717) is 17.7 Å². The lowest BCUT2D eigenvalue weighted by Gasteiger charge is -2.43. The Hall–Kier alpha value is -2.66. The predicted molar refractivity (Wildman–Crippen MR) is 134 cm³/mol. The summed E-state index contributed by atoms with van der Waals surface area (Å²) in [4.78, 5) is 28.6. The lowest BCUT2D eigenvalue weighted by atomic mass is 9.85. The van der Waals surface area contributed by atoms with E-state index in [1.807, 2.05) is 0 Å². The van der Waals surface area contributed by atoms with Crippen LogP contribution in [0, 0.1) is 0 Å². The Morgan fingerprint density at radius 1 is 0.923 bits per heavy atom. The third-order valence-electron chi connectivity index (χ3n) is 6.25. The molecule has 2 aromatic carbocycles. The molecule has 1 aliphatic rings. The van der Waals surface area contributed by atoms with E-state index in [2.05, 4.69) is 0 Å². The molecule has 5 nitrogen and oxygen atoms in total. The molecule has 2 amide bonds. The molecule has 1 saturated heterocycles. The fourth-order valence-electron chi connectivity index (χ4n) is 4.40. The lowest BCUT2D eigenvalue weighted by Crippen LogP contribution is -2.52. The number of halogens is 8. The summed E-state index contributed by atoms with van der Waals surface area (Å²) < 4.78 is 85.7. The molecular weight excluding hydrogens is 573 g/mol. The van der Waals surface area contributed by atoms with Crippen molar-refractivity contribution in [1.82, 2.24) is 9.80 Å². The Bertz CT molecular complexity index is 1210. The van der Waals surface area contributed by atoms with Crippen molar-refractivity contribution in [2.24, 2.45) is 0 Å². The number of carbonyl (C=O) groups excluding carboxylic acids is 2. The molecule has 0 saturated carbocycles. The third kappa shape index (κ3) is 7.51. The van der Waals surface area contributed by atoms with Crippen molar-refractivity contribution >= 4 is 35.2 Å². The quantitative estimate of drug-likeness (QED) is 0.337. The molecule has 3 rings (SSSR count). The van der Waals surface area contributed by atoms with Crippen LogP contribution in [-0.4, -0.2) is 53.6 Å². The van der Waals surface area contributed by atoms with Crippen molar-refractivity contribution in [1.29, 1.82) is 0 Å². The van der Waals surface area contributed by atoms with Crippen LogP contribution in [0.3, 0.4) is 0 Å². The van der Waals surface area contributed by atoms with Gasteiger partial charge in [-0.1, -0.05) is 29.3 Å². The molecule has 0 unspecified atom stereocenters. The number of likely N-dealkylation sites (N-methyl/N-ethyl adjacent to an activating group) is 1. The van der Waals surface area contributed by atoms with E-state index in [-0.39, 0.29) is 35.6 Å². The van der Waals surface area contributed by atoms with E-state index >= 15 is 0 Å². The fraction of sp³-hybridized carbons (Fsp3) is 0.462. The lowest BCUT2D eigenvalue weighted by molar-refractivity contribution is -0.143. The smallest absolute Gasteiger partial charge is 0.416 e.